The van der Waals surface area contributed by atoms with Crippen molar-refractivity contribution in [3.63, 3.8) is 0 Å². The summed E-state index contributed by atoms with van der Waals surface area (Å²) in [6, 6.07) is 0.319. The van der Waals surface area contributed by atoms with Crippen LogP contribution in [0.3, 0.4) is 0 Å². The molecule has 2 aliphatic rings. The molecule has 1 aromatic rings. The number of nitrogens with zero attached hydrogens (tertiary/aromatic N) is 3. The zero-order valence-corrected chi connectivity index (χ0v) is 9.95. The van der Waals surface area contributed by atoms with Crippen molar-refractivity contribution in [2.45, 2.75) is 37.8 Å². The van der Waals surface area contributed by atoms with E-state index in [1.165, 1.54) is 12.8 Å². The average Bonchev–Trinajstić information content (AvgIpc) is 2.84. The Morgan fingerprint density at radius 1 is 1.38 bits per heavy atom. The Bertz CT molecular complexity index is 352. The van der Waals surface area contributed by atoms with Crippen LogP contribution >= 0.6 is 12.4 Å². The minimum atomic E-state index is 0. The van der Waals surface area contributed by atoms with Gasteiger partial charge in [-0.05, 0) is 19.3 Å². The van der Waals surface area contributed by atoms with Gasteiger partial charge in [0.2, 0.25) is 5.89 Å². The van der Waals surface area contributed by atoms with Gasteiger partial charge in [-0.2, -0.15) is 4.98 Å². The number of nitrogens with two attached hydrogens (primary N) is 1. The zero-order chi connectivity index (χ0) is 10.3. The zero-order valence-electron chi connectivity index (χ0n) is 9.13. The Kier molecular flexibility index (Phi) is 3.47. The van der Waals surface area contributed by atoms with Gasteiger partial charge in [0, 0.05) is 25.0 Å². The van der Waals surface area contributed by atoms with E-state index in [4.69, 9.17) is 10.3 Å². The lowest BCUT2D eigenvalue weighted by Gasteiger charge is -2.11. The van der Waals surface area contributed by atoms with Crippen LogP contribution < -0.4 is 5.73 Å². The van der Waals surface area contributed by atoms with E-state index in [9.17, 15) is 0 Å². The van der Waals surface area contributed by atoms with Crippen LogP contribution in [-0.2, 0) is 6.54 Å². The van der Waals surface area contributed by atoms with Gasteiger partial charge in [0.25, 0.3) is 0 Å². The van der Waals surface area contributed by atoms with Gasteiger partial charge in [0.1, 0.15) is 0 Å². The molecule has 1 saturated carbocycles. The molecule has 1 aliphatic carbocycles. The summed E-state index contributed by atoms with van der Waals surface area (Å²) in [6.45, 7) is 2.78. The van der Waals surface area contributed by atoms with Gasteiger partial charge >= 0.3 is 0 Å². The standard InChI is InChI=1S/C10H16N4O.ClH/c11-8-3-4-14(5-8)6-9-12-10(15-13-9)7-1-2-7;/h7-8H,1-6,11H2;1H. The molecule has 5 nitrogen and oxygen atoms in total. The normalized spacial score (nSPS) is 25.7. The van der Waals surface area contributed by atoms with Crippen LogP contribution in [0.4, 0.5) is 0 Å². The van der Waals surface area contributed by atoms with Crippen LogP contribution in [0.2, 0.25) is 0 Å². The van der Waals surface area contributed by atoms with E-state index in [-0.39, 0.29) is 12.4 Å². The lowest BCUT2D eigenvalue weighted by atomic mass is 10.3. The van der Waals surface area contributed by atoms with E-state index in [1.807, 2.05) is 0 Å². The van der Waals surface area contributed by atoms with Crippen LogP contribution in [0.25, 0.3) is 0 Å². The van der Waals surface area contributed by atoms with Crippen molar-refractivity contribution < 1.29 is 4.52 Å². The maximum absolute atomic E-state index is 5.84. The molecule has 1 atom stereocenters. The van der Waals surface area contributed by atoms with Crippen LogP contribution in [0, 0.1) is 0 Å². The molecule has 1 aliphatic heterocycles. The summed E-state index contributed by atoms with van der Waals surface area (Å²) in [5, 5.41) is 4.00. The molecule has 0 spiro atoms. The van der Waals surface area contributed by atoms with Crippen LogP contribution in [0.5, 0.6) is 0 Å². The SMILES string of the molecule is Cl.NC1CCN(Cc2noc(C3CC3)n2)C1. The molecule has 16 heavy (non-hydrogen) atoms. The van der Waals surface area contributed by atoms with Crippen molar-refractivity contribution in [2.75, 3.05) is 13.1 Å². The average molecular weight is 245 g/mol. The molecule has 1 unspecified atom stereocenters. The highest BCUT2D eigenvalue weighted by Gasteiger charge is 2.30. The Morgan fingerprint density at radius 2 is 2.19 bits per heavy atom. The van der Waals surface area contributed by atoms with E-state index in [0.29, 0.717) is 12.0 Å². The molecule has 2 heterocycles. The lowest BCUT2D eigenvalue weighted by molar-refractivity contribution is 0.306. The maximum atomic E-state index is 5.84. The topological polar surface area (TPSA) is 68.2 Å². The molecular formula is C10H17ClN4O. The number of halogens is 1. The Morgan fingerprint density at radius 3 is 2.81 bits per heavy atom. The Hall–Kier alpha value is -0.650. The van der Waals surface area contributed by atoms with Gasteiger partial charge in [-0.15, -0.1) is 12.4 Å². The van der Waals surface area contributed by atoms with Crippen molar-refractivity contribution in [1.82, 2.24) is 15.0 Å². The molecule has 1 aromatic heterocycles. The second-order valence-electron chi connectivity index (χ2n) is 4.61. The second kappa shape index (κ2) is 4.69. The highest BCUT2D eigenvalue weighted by molar-refractivity contribution is 5.85. The minimum absolute atomic E-state index is 0. The summed E-state index contributed by atoms with van der Waals surface area (Å²) < 4.78 is 5.21. The molecule has 6 heteroatoms. The number of hydrogen-bond acceptors (Lipinski definition) is 5. The van der Waals surface area contributed by atoms with Crippen LogP contribution in [-0.4, -0.2) is 34.2 Å². The number of likely N-dealkylation sites (tertiary alicyclic amines) is 1. The smallest absolute Gasteiger partial charge is 0.229 e. The molecule has 3 rings (SSSR count). The number of hydrogen-bond donors (Lipinski definition) is 1. The van der Waals surface area contributed by atoms with E-state index in [0.717, 1.165) is 37.8 Å². The first-order valence-electron chi connectivity index (χ1n) is 5.61. The third kappa shape index (κ3) is 2.53. The molecule has 0 radical (unpaired) electrons. The largest absolute Gasteiger partial charge is 0.339 e. The van der Waals surface area contributed by atoms with Gasteiger partial charge in [-0.1, -0.05) is 5.16 Å². The summed E-state index contributed by atoms with van der Waals surface area (Å²) in [4.78, 5) is 6.68. The predicted molar refractivity (Wildman–Crippen MR) is 61.4 cm³/mol. The van der Waals surface area contributed by atoms with Crippen molar-refractivity contribution in [2.24, 2.45) is 5.73 Å². The van der Waals surface area contributed by atoms with Gasteiger partial charge in [-0.25, -0.2) is 0 Å². The van der Waals surface area contributed by atoms with E-state index in [1.54, 1.807) is 0 Å². The fourth-order valence-electron chi connectivity index (χ4n) is 2.03. The molecule has 0 aromatic carbocycles. The van der Waals surface area contributed by atoms with E-state index < -0.39 is 0 Å². The summed E-state index contributed by atoms with van der Waals surface area (Å²) >= 11 is 0. The Labute approximate surface area is 101 Å². The van der Waals surface area contributed by atoms with Crippen LogP contribution in [0.15, 0.2) is 4.52 Å². The first-order valence-corrected chi connectivity index (χ1v) is 5.61. The fraction of sp³-hybridized carbons (Fsp3) is 0.800. The summed E-state index contributed by atoms with van der Waals surface area (Å²) in [7, 11) is 0. The first kappa shape index (κ1) is 11.8. The molecule has 0 bridgehead atoms. The van der Waals surface area contributed by atoms with Crippen molar-refractivity contribution >= 4 is 12.4 Å². The molecule has 2 N–H and O–H groups in total. The van der Waals surface area contributed by atoms with Crippen molar-refractivity contribution in [3.8, 4) is 0 Å². The molecule has 2 fully saturated rings. The van der Waals surface area contributed by atoms with Crippen molar-refractivity contribution in [1.29, 1.82) is 0 Å². The molecule has 0 amide bonds. The van der Waals surface area contributed by atoms with Gasteiger partial charge in [-0.3, -0.25) is 4.90 Å². The highest BCUT2D eigenvalue weighted by Crippen LogP contribution is 2.38. The Balaban J connectivity index is 0.000000963. The molecular weight excluding hydrogens is 228 g/mol. The summed E-state index contributed by atoms with van der Waals surface area (Å²) in [5.74, 6) is 2.19. The highest BCUT2D eigenvalue weighted by atomic mass is 35.5. The summed E-state index contributed by atoms with van der Waals surface area (Å²) in [5.41, 5.74) is 5.84. The monoisotopic (exact) mass is 244 g/mol. The van der Waals surface area contributed by atoms with Crippen LogP contribution in [0.1, 0.15) is 36.9 Å². The third-order valence-electron chi connectivity index (χ3n) is 3.08. The number of aromatic nitrogens is 2. The molecule has 1 saturated heterocycles. The van der Waals surface area contributed by atoms with Gasteiger partial charge in [0.05, 0.1) is 6.54 Å². The predicted octanol–water partition coefficient (Wildman–Crippen LogP) is 0.902. The van der Waals surface area contributed by atoms with Gasteiger partial charge < -0.3 is 10.3 Å². The first-order chi connectivity index (χ1) is 7.31. The minimum Gasteiger partial charge on any atom is -0.339 e. The van der Waals surface area contributed by atoms with E-state index in [2.05, 4.69) is 15.0 Å². The van der Waals surface area contributed by atoms with Crippen molar-refractivity contribution in [3.05, 3.63) is 11.7 Å². The third-order valence-corrected chi connectivity index (χ3v) is 3.08. The maximum Gasteiger partial charge on any atom is 0.229 e. The van der Waals surface area contributed by atoms with E-state index >= 15 is 0 Å². The summed E-state index contributed by atoms with van der Waals surface area (Å²) in [6.07, 6.45) is 3.49. The number of rotatable bonds is 3. The lowest BCUT2D eigenvalue weighted by Crippen LogP contribution is -2.26. The fourth-order valence-corrected chi connectivity index (χ4v) is 2.03. The second-order valence-corrected chi connectivity index (χ2v) is 4.61. The van der Waals surface area contributed by atoms with Gasteiger partial charge in [0.15, 0.2) is 5.82 Å². The molecule has 90 valence electrons. The quantitative estimate of drug-likeness (QED) is 0.856.